The van der Waals surface area contributed by atoms with Crippen molar-refractivity contribution in [2.24, 2.45) is 0 Å². The molecular formula is C14H13N3O2. The van der Waals surface area contributed by atoms with E-state index in [2.05, 4.69) is 5.10 Å². The van der Waals surface area contributed by atoms with E-state index in [0.717, 1.165) is 11.3 Å². The van der Waals surface area contributed by atoms with Gasteiger partial charge >= 0.3 is 5.97 Å². The number of rotatable bonds is 3. The molecule has 0 aliphatic carbocycles. The summed E-state index contributed by atoms with van der Waals surface area (Å²) in [6, 6.07) is 11.0. The molecular weight excluding hydrogens is 242 g/mol. The number of benzene rings is 1. The van der Waals surface area contributed by atoms with Crippen LogP contribution in [0.5, 0.6) is 0 Å². The molecule has 0 saturated heterocycles. The van der Waals surface area contributed by atoms with Gasteiger partial charge in [0.15, 0.2) is 5.69 Å². The van der Waals surface area contributed by atoms with Crippen molar-refractivity contribution < 1.29 is 9.53 Å². The van der Waals surface area contributed by atoms with Crippen LogP contribution in [0.15, 0.2) is 30.3 Å². The molecule has 1 heterocycles. The minimum Gasteiger partial charge on any atom is -0.461 e. The zero-order valence-corrected chi connectivity index (χ0v) is 10.8. The fourth-order valence-electron chi connectivity index (χ4n) is 1.65. The van der Waals surface area contributed by atoms with Crippen molar-refractivity contribution in [1.82, 2.24) is 9.78 Å². The lowest BCUT2D eigenvalue weighted by Gasteiger charge is -2.03. The minimum atomic E-state index is -0.523. The highest BCUT2D eigenvalue weighted by molar-refractivity contribution is 5.87. The molecule has 96 valence electrons. The molecule has 0 aliphatic rings. The second-order valence-electron chi connectivity index (χ2n) is 3.99. The third-order valence-corrected chi connectivity index (χ3v) is 2.59. The van der Waals surface area contributed by atoms with E-state index in [9.17, 15) is 4.79 Å². The molecule has 0 N–H and O–H groups in total. The van der Waals surface area contributed by atoms with Crippen LogP contribution in [-0.2, 0) is 4.74 Å². The van der Waals surface area contributed by atoms with Gasteiger partial charge in [-0.05, 0) is 26.0 Å². The molecule has 0 bridgehead atoms. The number of carbonyl (C=O) groups is 1. The Morgan fingerprint density at radius 3 is 2.68 bits per heavy atom. The van der Waals surface area contributed by atoms with Gasteiger partial charge in [-0.15, -0.1) is 0 Å². The molecule has 0 saturated carbocycles. The molecule has 2 rings (SSSR count). The van der Waals surface area contributed by atoms with Crippen molar-refractivity contribution in [2.75, 3.05) is 6.61 Å². The number of ether oxygens (including phenoxy) is 1. The third-order valence-electron chi connectivity index (χ3n) is 2.59. The predicted molar refractivity (Wildman–Crippen MR) is 69.0 cm³/mol. The van der Waals surface area contributed by atoms with Gasteiger partial charge in [-0.25, -0.2) is 9.48 Å². The van der Waals surface area contributed by atoms with Crippen LogP contribution in [0.2, 0.25) is 0 Å². The highest BCUT2D eigenvalue weighted by atomic mass is 16.5. The number of nitrogens with zero attached hydrogens (tertiary/aromatic N) is 3. The summed E-state index contributed by atoms with van der Waals surface area (Å²) in [4.78, 5) is 11.6. The largest absolute Gasteiger partial charge is 0.461 e. The summed E-state index contributed by atoms with van der Waals surface area (Å²) in [6.45, 7) is 3.97. The number of hydrogen-bond acceptors (Lipinski definition) is 4. The van der Waals surface area contributed by atoms with Crippen LogP contribution in [0.4, 0.5) is 0 Å². The maximum Gasteiger partial charge on any atom is 0.358 e. The number of aryl methyl sites for hydroxylation is 1. The van der Waals surface area contributed by atoms with E-state index in [1.807, 2.05) is 37.3 Å². The lowest BCUT2D eigenvalue weighted by molar-refractivity contribution is 0.0519. The van der Waals surface area contributed by atoms with Crippen molar-refractivity contribution in [3.8, 4) is 11.8 Å². The van der Waals surface area contributed by atoms with Crippen LogP contribution < -0.4 is 0 Å². The first-order chi connectivity index (χ1) is 9.15. The van der Waals surface area contributed by atoms with E-state index in [1.54, 1.807) is 6.92 Å². The number of esters is 1. The molecule has 5 nitrogen and oxygen atoms in total. The van der Waals surface area contributed by atoms with E-state index in [0.29, 0.717) is 5.69 Å². The Labute approximate surface area is 111 Å². The SMILES string of the molecule is CCOC(=O)c1cc(C#N)n(-c2ccc(C)cc2)n1. The number of hydrogen-bond donors (Lipinski definition) is 0. The van der Waals surface area contributed by atoms with Crippen LogP contribution in [0.25, 0.3) is 5.69 Å². The maximum absolute atomic E-state index is 11.6. The van der Waals surface area contributed by atoms with Gasteiger partial charge in [-0.2, -0.15) is 10.4 Å². The fraction of sp³-hybridized carbons (Fsp3) is 0.214. The van der Waals surface area contributed by atoms with Gasteiger partial charge in [0.25, 0.3) is 0 Å². The van der Waals surface area contributed by atoms with Crippen LogP contribution in [0.1, 0.15) is 28.7 Å². The van der Waals surface area contributed by atoms with E-state index in [1.165, 1.54) is 10.7 Å². The summed E-state index contributed by atoms with van der Waals surface area (Å²) in [7, 11) is 0. The fourth-order valence-corrected chi connectivity index (χ4v) is 1.65. The second-order valence-corrected chi connectivity index (χ2v) is 3.99. The quantitative estimate of drug-likeness (QED) is 0.789. The highest BCUT2D eigenvalue weighted by Crippen LogP contribution is 2.13. The summed E-state index contributed by atoms with van der Waals surface area (Å²) in [5.41, 5.74) is 2.28. The van der Waals surface area contributed by atoms with Crippen molar-refractivity contribution in [2.45, 2.75) is 13.8 Å². The molecule has 5 heteroatoms. The topological polar surface area (TPSA) is 67.9 Å². The zero-order valence-electron chi connectivity index (χ0n) is 10.8. The van der Waals surface area contributed by atoms with E-state index in [4.69, 9.17) is 10.00 Å². The lowest BCUT2D eigenvalue weighted by atomic mass is 10.2. The molecule has 0 radical (unpaired) electrons. The molecule has 1 aromatic heterocycles. The van der Waals surface area contributed by atoms with Crippen LogP contribution in [-0.4, -0.2) is 22.4 Å². The Kier molecular flexibility index (Phi) is 3.62. The minimum absolute atomic E-state index is 0.138. The molecule has 19 heavy (non-hydrogen) atoms. The zero-order chi connectivity index (χ0) is 13.8. The van der Waals surface area contributed by atoms with Gasteiger partial charge in [-0.1, -0.05) is 17.7 Å². The van der Waals surface area contributed by atoms with E-state index in [-0.39, 0.29) is 12.3 Å². The average molecular weight is 255 g/mol. The smallest absolute Gasteiger partial charge is 0.358 e. The Morgan fingerprint density at radius 2 is 2.11 bits per heavy atom. The third kappa shape index (κ3) is 2.63. The van der Waals surface area contributed by atoms with Gasteiger partial charge in [-0.3, -0.25) is 0 Å². The lowest BCUT2D eigenvalue weighted by Crippen LogP contribution is -2.06. The Bertz CT molecular complexity index is 636. The average Bonchev–Trinajstić information content (AvgIpc) is 2.84. The summed E-state index contributed by atoms with van der Waals surface area (Å²) >= 11 is 0. The first-order valence-corrected chi connectivity index (χ1v) is 5.90. The molecule has 0 spiro atoms. The molecule has 0 atom stereocenters. The van der Waals surface area contributed by atoms with Gasteiger partial charge < -0.3 is 4.74 Å². The van der Waals surface area contributed by atoms with Crippen molar-refractivity contribution in [3.05, 3.63) is 47.3 Å². The van der Waals surface area contributed by atoms with Gasteiger partial charge in [0, 0.05) is 6.07 Å². The van der Waals surface area contributed by atoms with Crippen molar-refractivity contribution >= 4 is 5.97 Å². The van der Waals surface area contributed by atoms with E-state index < -0.39 is 5.97 Å². The van der Waals surface area contributed by atoms with Gasteiger partial charge in [0.1, 0.15) is 11.8 Å². The Hall–Kier alpha value is -2.61. The first-order valence-electron chi connectivity index (χ1n) is 5.90. The highest BCUT2D eigenvalue weighted by Gasteiger charge is 2.15. The van der Waals surface area contributed by atoms with E-state index >= 15 is 0 Å². The molecule has 0 aliphatic heterocycles. The number of aromatic nitrogens is 2. The van der Waals surface area contributed by atoms with Crippen molar-refractivity contribution in [1.29, 1.82) is 5.26 Å². The standard InChI is InChI=1S/C14H13N3O2/c1-3-19-14(18)13-8-12(9-15)17(16-13)11-6-4-10(2)5-7-11/h4-8H,3H2,1-2H3. The molecule has 0 amide bonds. The Balaban J connectivity index is 2.43. The number of carbonyl (C=O) groups excluding carboxylic acids is 1. The van der Waals surface area contributed by atoms with Crippen LogP contribution >= 0.6 is 0 Å². The van der Waals surface area contributed by atoms with Crippen LogP contribution in [0.3, 0.4) is 0 Å². The Morgan fingerprint density at radius 1 is 1.42 bits per heavy atom. The van der Waals surface area contributed by atoms with Crippen LogP contribution in [0, 0.1) is 18.3 Å². The molecule has 2 aromatic rings. The van der Waals surface area contributed by atoms with Gasteiger partial charge in [0.2, 0.25) is 0 Å². The maximum atomic E-state index is 11.6. The summed E-state index contributed by atoms with van der Waals surface area (Å²) in [6.07, 6.45) is 0. The summed E-state index contributed by atoms with van der Waals surface area (Å²) in [5.74, 6) is -0.523. The summed E-state index contributed by atoms with van der Waals surface area (Å²) < 4.78 is 6.31. The monoisotopic (exact) mass is 255 g/mol. The first kappa shape index (κ1) is 12.8. The molecule has 1 aromatic carbocycles. The van der Waals surface area contributed by atoms with Gasteiger partial charge in [0.05, 0.1) is 12.3 Å². The second kappa shape index (κ2) is 5.36. The normalized spacial score (nSPS) is 9.95. The number of nitriles is 1. The molecule has 0 unspecified atom stereocenters. The molecule has 0 fully saturated rings. The summed E-state index contributed by atoms with van der Waals surface area (Å²) in [5, 5.41) is 13.2. The predicted octanol–water partition coefficient (Wildman–Crippen LogP) is 2.23. The van der Waals surface area contributed by atoms with Crippen molar-refractivity contribution in [3.63, 3.8) is 0 Å².